The smallest absolute Gasteiger partial charge is 0.0793 e. The second-order valence-corrected chi connectivity index (χ2v) is 5.37. The molecule has 17 heavy (non-hydrogen) atoms. The van der Waals surface area contributed by atoms with E-state index in [-0.39, 0.29) is 6.10 Å². The van der Waals surface area contributed by atoms with E-state index >= 15 is 0 Å². The molecule has 0 bridgehead atoms. The number of likely N-dealkylation sites (N-methyl/N-ethyl adjacent to an activating group) is 1. The van der Waals surface area contributed by atoms with Crippen LogP contribution < -0.4 is 0 Å². The average molecular weight is 239 g/mol. The summed E-state index contributed by atoms with van der Waals surface area (Å²) in [6, 6.07) is 0. The molecule has 2 nitrogen and oxygen atoms in total. The van der Waals surface area contributed by atoms with Crippen molar-refractivity contribution in [1.82, 2.24) is 4.90 Å². The molecule has 2 aliphatic rings. The fourth-order valence-corrected chi connectivity index (χ4v) is 2.23. The Morgan fingerprint density at radius 1 is 1.00 bits per heavy atom. The van der Waals surface area contributed by atoms with E-state index in [1.165, 1.54) is 25.7 Å². The van der Waals surface area contributed by atoms with Gasteiger partial charge in [0.05, 0.1) is 6.10 Å². The molecule has 2 rings (SSSR count). The standard InChI is InChI=1S/C8H16.C5H11NO.C2H2/c1-7-3-5-8(2)6-4-7;1-2-6-3-5(7)4-6;1-2/h7-8H,3-6H2,1-2H3;5,7H,2-4H2,1H3;1-2H. The van der Waals surface area contributed by atoms with Gasteiger partial charge in [0.15, 0.2) is 0 Å². The van der Waals surface area contributed by atoms with Gasteiger partial charge in [-0.2, -0.15) is 0 Å². The van der Waals surface area contributed by atoms with Crippen LogP contribution in [0.25, 0.3) is 0 Å². The van der Waals surface area contributed by atoms with Crippen molar-refractivity contribution in [2.75, 3.05) is 19.6 Å². The molecule has 1 N–H and O–H groups in total. The number of aliphatic hydroxyl groups is 1. The zero-order valence-corrected chi connectivity index (χ0v) is 11.7. The summed E-state index contributed by atoms with van der Waals surface area (Å²) in [5, 5.41) is 8.71. The van der Waals surface area contributed by atoms with Crippen LogP contribution in [0.15, 0.2) is 0 Å². The molecule has 0 radical (unpaired) electrons. The molecule has 0 amide bonds. The van der Waals surface area contributed by atoms with E-state index in [0.29, 0.717) is 0 Å². The van der Waals surface area contributed by atoms with Crippen LogP contribution >= 0.6 is 0 Å². The molecule has 0 spiro atoms. The summed E-state index contributed by atoms with van der Waals surface area (Å²) in [6.07, 6.45) is 13.9. The number of nitrogens with zero attached hydrogens (tertiary/aromatic N) is 1. The summed E-state index contributed by atoms with van der Waals surface area (Å²) >= 11 is 0. The summed E-state index contributed by atoms with van der Waals surface area (Å²) in [5.74, 6) is 2.04. The van der Waals surface area contributed by atoms with Gasteiger partial charge < -0.3 is 5.11 Å². The van der Waals surface area contributed by atoms with Crippen LogP contribution in [-0.4, -0.2) is 35.7 Å². The molecule has 0 aromatic heterocycles. The first kappa shape index (κ1) is 16.5. The van der Waals surface area contributed by atoms with Crippen LogP contribution in [0.4, 0.5) is 0 Å². The minimum absolute atomic E-state index is 0.0278. The zero-order valence-electron chi connectivity index (χ0n) is 11.7. The number of hydrogen-bond acceptors (Lipinski definition) is 2. The van der Waals surface area contributed by atoms with Crippen LogP contribution in [-0.2, 0) is 0 Å². The Hall–Kier alpha value is -0.520. The lowest BCUT2D eigenvalue weighted by Crippen LogP contribution is -2.50. The van der Waals surface area contributed by atoms with Gasteiger partial charge in [-0.3, -0.25) is 4.90 Å². The van der Waals surface area contributed by atoms with Crippen molar-refractivity contribution in [3.05, 3.63) is 0 Å². The van der Waals surface area contributed by atoms with Gasteiger partial charge >= 0.3 is 0 Å². The third-order valence-corrected chi connectivity index (χ3v) is 3.69. The Labute approximate surface area is 107 Å². The van der Waals surface area contributed by atoms with E-state index in [2.05, 4.69) is 38.5 Å². The van der Waals surface area contributed by atoms with Gasteiger partial charge in [0, 0.05) is 13.1 Å². The average Bonchev–Trinajstić information content (AvgIpc) is 2.32. The summed E-state index contributed by atoms with van der Waals surface area (Å²) < 4.78 is 0. The second kappa shape index (κ2) is 9.50. The third kappa shape index (κ3) is 7.41. The zero-order chi connectivity index (χ0) is 13.3. The van der Waals surface area contributed by atoms with Gasteiger partial charge in [0.2, 0.25) is 0 Å². The molecule has 0 aromatic carbocycles. The molecule has 100 valence electrons. The molecule has 1 aliphatic carbocycles. The number of likely N-dealkylation sites (tertiary alicyclic amines) is 1. The van der Waals surface area contributed by atoms with Crippen LogP contribution in [0.5, 0.6) is 0 Å². The maximum Gasteiger partial charge on any atom is 0.0793 e. The van der Waals surface area contributed by atoms with Crippen molar-refractivity contribution in [1.29, 1.82) is 0 Å². The topological polar surface area (TPSA) is 23.5 Å². The monoisotopic (exact) mass is 239 g/mol. The Kier molecular flexibility index (Phi) is 9.21. The number of hydrogen-bond donors (Lipinski definition) is 1. The maximum atomic E-state index is 8.71. The molecular weight excluding hydrogens is 210 g/mol. The van der Waals surface area contributed by atoms with E-state index in [1.807, 2.05) is 0 Å². The molecule has 0 unspecified atom stereocenters. The van der Waals surface area contributed by atoms with Gasteiger partial charge in [0.1, 0.15) is 0 Å². The Bertz CT molecular complexity index is 178. The van der Waals surface area contributed by atoms with Crippen molar-refractivity contribution in [3.8, 4) is 12.8 Å². The summed E-state index contributed by atoms with van der Waals surface area (Å²) in [5.41, 5.74) is 0. The lowest BCUT2D eigenvalue weighted by molar-refractivity contribution is 0.00578. The van der Waals surface area contributed by atoms with E-state index in [0.717, 1.165) is 31.5 Å². The Morgan fingerprint density at radius 2 is 1.35 bits per heavy atom. The van der Waals surface area contributed by atoms with Crippen LogP contribution in [0, 0.1) is 24.7 Å². The molecule has 1 aliphatic heterocycles. The second-order valence-electron chi connectivity index (χ2n) is 5.37. The summed E-state index contributed by atoms with van der Waals surface area (Å²) in [7, 11) is 0. The highest BCUT2D eigenvalue weighted by molar-refractivity contribution is 4.76. The predicted molar refractivity (Wildman–Crippen MR) is 74.8 cm³/mol. The normalized spacial score (nSPS) is 29.1. The van der Waals surface area contributed by atoms with E-state index < -0.39 is 0 Å². The SMILES string of the molecule is C#C.CC1CCC(C)CC1.CCN1CC(O)C1. The van der Waals surface area contributed by atoms with Gasteiger partial charge in [-0.25, -0.2) is 0 Å². The Morgan fingerprint density at radius 3 is 1.53 bits per heavy atom. The van der Waals surface area contributed by atoms with Crippen molar-refractivity contribution < 1.29 is 5.11 Å². The van der Waals surface area contributed by atoms with Gasteiger partial charge in [-0.1, -0.05) is 46.5 Å². The minimum Gasteiger partial charge on any atom is -0.390 e. The van der Waals surface area contributed by atoms with Gasteiger partial charge in [-0.15, -0.1) is 12.8 Å². The van der Waals surface area contributed by atoms with Crippen molar-refractivity contribution in [3.63, 3.8) is 0 Å². The first-order chi connectivity index (χ1) is 8.11. The molecule has 0 aromatic rings. The quantitative estimate of drug-likeness (QED) is 0.711. The highest BCUT2D eigenvalue weighted by atomic mass is 16.3. The number of aliphatic hydroxyl groups excluding tert-OH is 1. The molecule has 1 heterocycles. The molecule has 0 atom stereocenters. The van der Waals surface area contributed by atoms with E-state index in [4.69, 9.17) is 5.11 Å². The predicted octanol–water partition coefficient (Wildman–Crippen LogP) is 2.76. The third-order valence-electron chi connectivity index (χ3n) is 3.69. The highest BCUT2D eigenvalue weighted by Gasteiger charge is 2.21. The van der Waals surface area contributed by atoms with Crippen molar-refractivity contribution in [2.24, 2.45) is 11.8 Å². The maximum absolute atomic E-state index is 8.71. The summed E-state index contributed by atoms with van der Waals surface area (Å²) in [6.45, 7) is 9.69. The first-order valence-corrected chi connectivity index (χ1v) is 6.85. The molecule has 1 saturated heterocycles. The molecular formula is C15H29NO. The van der Waals surface area contributed by atoms with Crippen molar-refractivity contribution >= 4 is 0 Å². The number of terminal acetylenes is 1. The molecule has 2 fully saturated rings. The largest absolute Gasteiger partial charge is 0.390 e. The van der Waals surface area contributed by atoms with E-state index in [9.17, 15) is 0 Å². The van der Waals surface area contributed by atoms with Crippen LogP contribution in [0.2, 0.25) is 0 Å². The van der Waals surface area contributed by atoms with E-state index in [1.54, 1.807) is 0 Å². The fourth-order valence-electron chi connectivity index (χ4n) is 2.23. The molecule has 1 saturated carbocycles. The lowest BCUT2D eigenvalue weighted by Gasteiger charge is -2.34. The first-order valence-electron chi connectivity index (χ1n) is 6.85. The molecule has 2 heteroatoms. The Balaban J connectivity index is 0.000000265. The summed E-state index contributed by atoms with van der Waals surface area (Å²) in [4.78, 5) is 2.20. The minimum atomic E-state index is -0.0278. The fraction of sp³-hybridized carbons (Fsp3) is 0.867. The van der Waals surface area contributed by atoms with Crippen LogP contribution in [0.1, 0.15) is 46.5 Å². The highest BCUT2D eigenvalue weighted by Crippen LogP contribution is 2.27. The van der Waals surface area contributed by atoms with Gasteiger partial charge in [0.25, 0.3) is 0 Å². The van der Waals surface area contributed by atoms with Crippen molar-refractivity contribution in [2.45, 2.75) is 52.6 Å². The van der Waals surface area contributed by atoms with Gasteiger partial charge in [-0.05, 0) is 18.4 Å². The number of rotatable bonds is 1. The number of β-amino-alcohol motifs (C(OH)–C–C–N with tert-alkyl or cyclic N) is 1. The lowest BCUT2D eigenvalue weighted by atomic mass is 9.84. The van der Waals surface area contributed by atoms with Crippen LogP contribution in [0.3, 0.4) is 0 Å².